The van der Waals surface area contributed by atoms with Crippen molar-refractivity contribution in [3.05, 3.63) is 46.5 Å². The number of aromatic nitrogens is 4. The fourth-order valence-electron chi connectivity index (χ4n) is 1.92. The van der Waals surface area contributed by atoms with E-state index in [0.717, 1.165) is 25.3 Å². The van der Waals surface area contributed by atoms with Gasteiger partial charge in [0, 0.05) is 4.47 Å². The minimum Gasteiger partial charge on any atom is -0.411 e. The monoisotopic (exact) mass is 390 g/mol. The molecule has 0 aliphatic rings. The molecule has 0 saturated carbocycles. The highest BCUT2D eigenvalue weighted by Crippen LogP contribution is 2.35. The van der Waals surface area contributed by atoms with E-state index in [1.807, 2.05) is 35.7 Å². The van der Waals surface area contributed by atoms with Crippen LogP contribution in [-0.2, 0) is 0 Å². The molecule has 0 amide bonds. The predicted molar refractivity (Wildman–Crippen MR) is 89.0 cm³/mol. The number of fused-ring (bicyclic) bond motifs is 1. The largest absolute Gasteiger partial charge is 0.411 e. The van der Waals surface area contributed by atoms with Crippen molar-refractivity contribution in [3.8, 4) is 11.5 Å². The highest BCUT2D eigenvalue weighted by atomic mass is 79.9. The first-order valence-corrected chi connectivity index (χ1v) is 8.74. The van der Waals surface area contributed by atoms with Gasteiger partial charge < -0.3 is 4.42 Å². The number of thiophene rings is 1. The van der Waals surface area contributed by atoms with Crippen LogP contribution in [0.3, 0.4) is 0 Å². The molecule has 4 rings (SSSR count). The molecule has 3 aromatic heterocycles. The molecule has 0 radical (unpaired) electrons. The van der Waals surface area contributed by atoms with E-state index in [4.69, 9.17) is 4.42 Å². The van der Waals surface area contributed by atoms with Gasteiger partial charge in [-0.1, -0.05) is 12.1 Å². The fraction of sp³-hybridized carbons (Fsp3) is 0. The summed E-state index contributed by atoms with van der Waals surface area (Å²) in [6, 6.07) is 9.69. The molecule has 0 saturated heterocycles. The smallest absolute Gasteiger partial charge is 0.283 e. The van der Waals surface area contributed by atoms with Gasteiger partial charge in [0.15, 0.2) is 0 Å². The molecule has 8 heteroatoms. The Hall–Kier alpha value is -1.77. The first kappa shape index (κ1) is 13.9. The SMILES string of the molecule is Brc1ccccc1-c1nnc(Sc2ncnc3ccsc23)o1. The molecule has 3 heterocycles. The Morgan fingerprint density at radius 3 is 2.91 bits per heavy atom. The summed E-state index contributed by atoms with van der Waals surface area (Å²) >= 11 is 6.43. The molecule has 1 aromatic carbocycles. The van der Waals surface area contributed by atoms with Crippen LogP contribution in [0.1, 0.15) is 0 Å². The average Bonchev–Trinajstić information content (AvgIpc) is 3.17. The molecule has 0 fully saturated rings. The molecule has 0 bridgehead atoms. The average molecular weight is 391 g/mol. The number of nitrogens with zero attached hydrogens (tertiary/aromatic N) is 4. The highest BCUT2D eigenvalue weighted by molar-refractivity contribution is 9.10. The van der Waals surface area contributed by atoms with Crippen molar-refractivity contribution in [3.63, 3.8) is 0 Å². The van der Waals surface area contributed by atoms with E-state index in [9.17, 15) is 0 Å². The molecule has 22 heavy (non-hydrogen) atoms. The summed E-state index contributed by atoms with van der Waals surface area (Å²) in [5, 5.41) is 11.5. The summed E-state index contributed by atoms with van der Waals surface area (Å²) in [5.74, 6) is 0.478. The normalized spacial score (nSPS) is 11.1. The van der Waals surface area contributed by atoms with Gasteiger partial charge in [0.05, 0.1) is 15.8 Å². The van der Waals surface area contributed by atoms with E-state index in [1.54, 1.807) is 17.7 Å². The van der Waals surface area contributed by atoms with E-state index in [0.29, 0.717) is 11.1 Å². The minimum absolute atomic E-state index is 0.458. The van der Waals surface area contributed by atoms with Crippen molar-refractivity contribution in [2.75, 3.05) is 0 Å². The van der Waals surface area contributed by atoms with Gasteiger partial charge >= 0.3 is 0 Å². The van der Waals surface area contributed by atoms with Crippen LogP contribution in [0.4, 0.5) is 0 Å². The van der Waals surface area contributed by atoms with Crippen LogP contribution in [-0.4, -0.2) is 20.2 Å². The van der Waals surface area contributed by atoms with E-state index >= 15 is 0 Å². The van der Waals surface area contributed by atoms with Gasteiger partial charge in [0.25, 0.3) is 5.22 Å². The van der Waals surface area contributed by atoms with Crippen molar-refractivity contribution in [1.82, 2.24) is 20.2 Å². The second kappa shape index (κ2) is 5.79. The lowest BCUT2D eigenvalue weighted by atomic mass is 10.2. The quantitative estimate of drug-likeness (QED) is 0.474. The number of benzene rings is 1. The number of hydrogen-bond donors (Lipinski definition) is 0. The van der Waals surface area contributed by atoms with Gasteiger partial charge in [-0.05, 0) is 51.3 Å². The van der Waals surface area contributed by atoms with Gasteiger partial charge in [-0.15, -0.1) is 21.5 Å². The van der Waals surface area contributed by atoms with E-state index in [-0.39, 0.29) is 0 Å². The summed E-state index contributed by atoms with van der Waals surface area (Å²) in [6.45, 7) is 0. The Balaban J connectivity index is 1.68. The van der Waals surface area contributed by atoms with E-state index in [2.05, 4.69) is 36.1 Å². The molecule has 5 nitrogen and oxygen atoms in total. The molecule has 108 valence electrons. The van der Waals surface area contributed by atoms with Gasteiger partial charge in [0.1, 0.15) is 11.4 Å². The summed E-state index contributed by atoms with van der Waals surface area (Å²) in [6.07, 6.45) is 1.54. The highest BCUT2D eigenvalue weighted by Gasteiger charge is 2.14. The topological polar surface area (TPSA) is 64.7 Å². The van der Waals surface area contributed by atoms with E-state index in [1.165, 1.54) is 11.8 Å². The van der Waals surface area contributed by atoms with Crippen LogP contribution >= 0.6 is 39.0 Å². The van der Waals surface area contributed by atoms with Gasteiger partial charge in [0.2, 0.25) is 5.89 Å². The first-order valence-electron chi connectivity index (χ1n) is 6.26. The zero-order valence-corrected chi connectivity index (χ0v) is 14.2. The molecular formula is C14H7BrN4OS2. The fourth-order valence-corrected chi connectivity index (χ4v) is 4.03. The molecule has 0 aliphatic heterocycles. The third-order valence-corrected chi connectivity index (χ3v) is 5.48. The van der Waals surface area contributed by atoms with Crippen molar-refractivity contribution in [2.45, 2.75) is 10.2 Å². The molecule has 4 aromatic rings. The first-order chi connectivity index (χ1) is 10.8. The standard InChI is InChI=1S/C14H7BrN4OS2/c15-9-4-2-1-3-8(9)12-18-19-14(20-12)22-13-11-10(5-6-21-11)16-7-17-13/h1-7H. The van der Waals surface area contributed by atoms with Crippen LogP contribution in [0.5, 0.6) is 0 Å². The maximum atomic E-state index is 5.73. The minimum atomic E-state index is 0.458. The Morgan fingerprint density at radius 1 is 1.09 bits per heavy atom. The van der Waals surface area contributed by atoms with Crippen molar-refractivity contribution in [2.24, 2.45) is 0 Å². The number of rotatable bonds is 3. The van der Waals surface area contributed by atoms with Crippen LogP contribution in [0.15, 0.2) is 61.2 Å². The Kier molecular flexibility index (Phi) is 3.65. The summed E-state index contributed by atoms with van der Waals surface area (Å²) in [5.41, 5.74) is 1.79. The second-order valence-corrected chi connectivity index (χ2v) is 6.98. The lowest BCUT2D eigenvalue weighted by molar-refractivity contribution is 0.465. The van der Waals surface area contributed by atoms with Crippen molar-refractivity contribution in [1.29, 1.82) is 0 Å². The summed E-state index contributed by atoms with van der Waals surface area (Å²) in [7, 11) is 0. The maximum Gasteiger partial charge on any atom is 0.283 e. The van der Waals surface area contributed by atoms with Crippen LogP contribution in [0, 0.1) is 0 Å². The molecule has 0 unspecified atom stereocenters. The van der Waals surface area contributed by atoms with Gasteiger partial charge in [-0.25, -0.2) is 9.97 Å². The molecule has 0 spiro atoms. The van der Waals surface area contributed by atoms with Gasteiger partial charge in [-0.2, -0.15) is 0 Å². The maximum absolute atomic E-state index is 5.73. The lowest BCUT2D eigenvalue weighted by Gasteiger charge is -1.98. The zero-order valence-electron chi connectivity index (χ0n) is 10.9. The molecule has 0 atom stereocenters. The second-order valence-electron chi connectivity index (χ2n) is 4.27. The summed E-state index contributed by atoms with van der Waals surface area (Å²) < 4.78 is 7.67. The van der Waals surface area contributed by atoms with Crippen molar-refractivity contribution >= 4 is 49.2 Å². The number of halogens is 1. The third-order valence-electron chi connectivity index (χ3n) is 2.91. The van der Waals surface area contributed by atoms with Gasteiger partial charge in [-0.3, -0.25) is 0 Å². The number of hydrogen-bond acceptors (Lipinski definition) is 7. The van der Waals surface area contributed by atoms with Crippen LogP contribution in [0.2, 0.25) is 0 Å². The van der Waals surface area contributed by atoms with Crippen LogP contribution in [0.25, 0.3) is 21.7 Å². The Morgan fingerprint density at radius 2 is 2.00 bits per heavy atom. The van der Waals surface area contributed by atoms with E-state index < -0.39 is 0 Å². The van der Waals surface area contributed by atoms with Crippen LogP contribution < -0.4 is 0 Å². The third kappa shape index (κ3) is 2.53. The zero-order chi connectivity index (χ0) is 14.9. The molecular weight excluding hydrogens is 384 g/mol. The Labute approximate surface area is 141 Å². The van der Waals surface area contributed by atoms with Crippen molar-refractivity contribution < 1.29 is 4.42 Å². The molecule has 0 N–H and O–H groups in total. The summed E-state index contributed by atoms with van der Waals surface area (Å²) in [4.78, 5) is 8.52. The lowest BCUT2D eigenvalue weighted by Crippen LogP contribution is -1.82. The predicted octanol–water partition coefficient (Wildman–Crippen LogP) is 4.66. The molecule has 0 aliphatic carbocycles. The Bertz CT molecular complexity index is 953.